The van der Waals surface area contributed by atoms with E-state index in [0.717, 1.165) is 18.5 Å². The summed E-state index contributed by atoms with van der Waals surface area (Å²) in [6.45, 7) is 8.39. The lowest BCUT2D eigenvalue weighted by Crippen LogP contribution is -2.41. The molecule has 0 aromatic carbocycles. The molecule has 0 N–H and O–H groups in total. The van der Waals surface area contributed by atoms with Crippen molar-refractivity contribution >= 4 is 17.5 Å². The molecule has 0 spiro atoms. The number of aromatic nitrogens is 2. The Morgan fingerprint density at radius 2 is 1.95 bits per heavy atom. The van der Waals surface area contributed by atoms with Gasteiger partial charge in [-0.2, -0.15) is 10.2 Å². The average molecular weight is 284 g/mol. The first-order chi connectivity index (χ1) is 9.04. The van der Waals surface area contributed by atoms with Gasteiger partial charge in [0.2, 0.25) is 0 Å². The van der Waals surface area contributed by atoms with Gasteiger partial charge in [0.25, 0.3) is 5.91 Å². The van der Waals surface area contributed by atoms with Crippen LogP contribution in [0, 0.1) is 13.8 Å². The third-order valence-electron chi connectivity index (χ3n) is 3.30. The van der Waals surface area contributed by atoms with Gasteiger partial charge in [-0.15, -0.1) is 11.6 Å². The van der Waals surface area contributed by atoms with Gasteiger partial charge in [0, 0.05) is 18.5 Å². The SMILES string of the molecule is CCC(CC)N(CCCl)C(=O)c1cc(C)nnc1C. The number of rotatable bonds is 6. The lowest BCUT2D eigenvalue weighted by molar-refractivity contribution is 0.0680. The number of carbonyl (C=O) groups is 1. The smallest absolute Gasteiger partial charge is 0.256 e. The zero-order valence-corrected chi connectivity index (χ0v) is 12.9. The predicted octanol–water partition coefficient (Wildman–Crippen LogP) is 2.96. The fourth-order valence-corrected chi connectivity index (χ4v) is 2.37. The van der Waals surface area contributed by atoms with Crippen molar-refractivity contribution < 1.29 is 4.79 Å². The van der Waals surface area contributed by atoms with E-state index in [9.17, 15) is 4.79 Å². The minimum atomic E-state index is 0.00449. The molecule has 4 nitrogen and oxygen atoms in total. The van der Waals surface area contributed by atoms with Crippen LogP contribution in [0.1, 0.15) is 48.4 Å². The van der Waals surface area contributed by atoms with Gasteiger partial charge in [-0.25, -0.2) is 0 Å². The van der Waals surface area contributed by atoms with Crippen molar-refractivity contribution in [2.45, 2.75) is 46.6 Å². The molecule has 0 bridgehead atoms. The van der Waals surface area contributed by atoms with Crippen LogP contribution >= 0.6 is 11.6 Å². The summed E-state index contributed by atoms with van der Waals surface area (Å²) in [7, 11) is 0. The third-order valence-corrected chi connectivity index (χ3v) is 3.47. The molecular weight excluding hydrogens is 262 g/mol. The molecule has 0 atom stereocenters. The summed E-state index contributed by atoms with van der Waals surface area (Å²) in [5.74, 6) is 0.448. The molecule has 1 heterocycles. The van der Waals surface area contributed by atoms with Gasteiger partial charge in [0.05, 0.1) is 17.0 Å². The summed E-state index contributed by atoms with van der Waals surface area (Å²) < 4.78 is 0. The molecular formula is C14H22ClN3O. The Balaban J connectivity index is 3.08. The van der Waals surface area contributed by atoms with E-state index in [0.29, 0.717) is 23.7 Å². The molecule has 1 rings (SSSR count). The first-order valence-electron chi connectivity index (χ1n) is 6.72. The fourth-order valence-electron chi connectivity index (χ4n) is 2.19. The number of carbonyl (C=O) groups excluding carboxylic acids is 1. The van der Waals surface area contributed by atoms with E-state index in [1.807, 2.05) is 18.7 Å². The molecule has 0 radical (unpaired) electrons. The predicted molar refractivity (Wildman–Crippen MR) is 77.6 cm³/mol. The molecule has 0 saturated heterocycles. The van der Waals surface area contributed by atoms with Crippen LogP contribution in [-0.4, -0.2) is 39.5 Å². The van der Waals surface area contributed by atoms with Crippen LogP contribution in [0.25, 0.3) is 0 Å². The Kier molecular flexibility index (Phi) is 6.22. The molecule has 5 heteroatoms. The molecule has 0 aliphatic carbocycles. The summed E-state index contributed by atoms with van der Waals surface area (Å²) in [6, 6.07) is 2.02. The molecule has 0 fully saturated rings. The highest BCUT2D eigenvalue weighted by Crippen LogP contribution is 2.16. The number of alkyl halides is 1. The molecule has 1 aromatic rings. The maximum absolute atomic E-state index is 12.7. The van der Waals surface area contributed by atoms with Crippen molar-refractivity contribution in [3.8, 4) is 0 Å². The van der Waals surface area contributed by atoms with Crippen LogP contribution in [0.5, 0.6) is 0 Å². The highest BCUT2D eigenvalue weighted by atomic mass is 35.5. The summed E-state index contributed by atoms with van der Waals surface area (Å²) in [4.78, 5) is 14.5. The van der Waals surface area contributed by atoms with Gasteiger partial charge in [-0.1, -0.05) is 13.8 Å². The molecule has 0 unspecified atom stereocenters. The Bertz CT molecular complexity index is 433. The molecule has 106 valence electrons. The number of aryl methyl sites for hydroxylation is 2. The minimum Gasteiger partial charge on any atom is -0.334 e. The van der Waals surface area contributed by atoms with E-state index in [4.69, 9.17) is 11.6 Å². The summed E-state index contributed by atoms with van der Waals surface area (Å²) in [6.07, 6.45) is 1.85. The van der Waals surface area contributed by atoms with Gasteiger partial charge in [0.1, 0.15) is 0 Å². The van der Waals surface area contributed by atoms with E-state index in [1.54, 1.807) is 6.07 Å². The van der Waals surface area contributed by atoms with Crippen LogP contribution in [0.15, 0.2) is 6.07 Å². The molecule has 1 aromatic heterocycles. The molecule has 0 aliphatic rings. The summed E-state index contributed by atoms with van der Waals surface area (Å²) in [5.41, 5.74) is 2.05. The van der Waals surface area contributed by atoms with Crippen LogP contribution in [0.2, 0.25) is 0 Å². The van der Waals surface area contributed by atoms with E-state index in [-0.39, 0.29) is 11.9 Å². The summed E-state index contributed by atoms with van der Waals surface area (Å²) in [5, 5.41) is 7.99. The number of nitrogens with zero attached hydrogens (tertiary/aromatic N) is 3. The van der Waals surface area contributed by atoms with Gasteiger partial charge in [-0.3, -0.25) is 4.79 Å². The standard InChI is InChI=1S/C14H22ClN3O/c1-5-12(6-2)18(8-7-15)14(19)13-9-10(3)16-17-11(13)4/h9,12H,5-8H2,1-4H3. The lowest BCUT2D eigenvalue weighted by atomic mass is 10.1. The average Bonchev–Trinajstić information content (AvgIpc) is 2.41. The third kappa shape index (κ3) is 3.90. The van der Waals surface area contributed by atoms with Gasteiger partial charge in [0.15, 0.2) is 0 Å². The number of hydrogen-bond donors (Lipinski definition) is 0. The van der Waals surface area contributed by atoms with E-state index in [2.05, 4.69) is 24.0 Å². The number of halogens is 1. The summed E-state index contributed by atoms with van der Waals surface area (Å²) >= 11 is 5.84. The molecule has 1 amide bonds. The Morgan fingerprint density at radius 1 is 1.32 bits per heavy atom. The van der Waals surface area contributed by atoms with Crippen molar-refractivity contribution in [1.82, 2.24) is 15.1 Å². The second-order valence-electron chi connectivity index (χ2n) is 4.64. The van der Waals surface area contributed by atoms with Crippen LogP contribution in [0.3, 0.4) is 0 Å². The Hall–Kier alpha value is -1.16. The first kappa shape index (κ1) is 15.9. The van der Waals surface area contributed by atoms with Gasteiger partial charge in [-0.05, 0) is 32.8 Å². The highest BCUT2D eigenvalue weighted by molar-refractivity contribution is 6.18. The van der Waals surface area contributed by atoms with Crippen molar-refractivity contribution in [1.29, 1.82) is 0 Å². The topological polar surface area (TPSA) is 46.1 Å². The van der Waals surface area contributed by atoms with E-state index < -0.39 is 0 Å². The van der Waals surface area contributed by atoms with Crippen LogP contribution in [0.4, 0.5) is 0 Å². The van der Waals surface area contributed by atoms with Crippen LogP contribution < -0.4 is 0 Å². The lowest BCUT2D eigenvalue weighted by Gasteiger charge is -2.30. The minimum absolute atomic E-state index is 0.00449. The van der Waals surface area contributed by atoms with Gasteiger partial charge >= 0.3 is 0 Å². The molecule has 0 aliphatic heterocycles. The first-order valence-corrected chi connectivity index (χ1v) is 7.26. The number of amides is 1. The van der Waals surface area contributed by atoms with E-state index in [1.165, 1.54) is 0 Å². The second-order valence-corrected chi connectivity index (χ2v) is 5.02. The Labute approximate surface area is 120 Å². The number of hydrogen-bond acceptors (Lipinski definition) is 3. The monoisotopic (exact) mass is 283 g/mol. The normalized spacial score (nSPS) is 10.8. The highest BCUT2D eigenvalue weighted by Gasteiger charge is 2.23. The quantitative estimate of drug-likeness (QED) is 0.754. The molecule has 19 heavy (non-hydrogen) atoms. The Morgan fingerprint density at radius 3 is 2.47 bits per heavy atom. The van der Waals surface area contributed by atoms with Gasteiger partial charge < -0.3 is 4.90 Å². The van der Waals surface area contributed by atoms with Crippen molar-refractivity contribution in [2.24, 2.45) is 0 Å². The van der Waals surface area contributed by atoms with E-state index >= 15 is 0 Å². The van der Waals surface area contributed by atoms with Crippen molar-refractivity contribution in [3.63, 3.8) is 0 Å². The maximum atomic E-state index is 12.7. The second kappa shape index (κ2) is 7.43. The fraction of sp³-hybridized carbons (Fsp3) is 0.643. The maximum Gasteiger partial charge on any atom is 0.256 e. The molecule has 0 saturated carbocycles. The van der Waals surface area contributed by atoms with Crippen molar-refractivity contribution in [3.05, 3.63) is 23.0 Å². The largest absolute Gasteiger partial charge is 0.334 e. The van der Waals surface area contributed by atoms with Crippen LogP contribution in [-0.2, 0) is 0 Å². The zero-order valence-electron chi connectivity index (χ0n) is 12.1. The zero-order chi connectivity index (χ0) is 14.4. The van der Waals surface area contributed by atoms with Crippen molar-refractivity contribution in [2.75, 3.05) is 12.4 Å².